The molecule has 2 heterocycles. The number of fused-ring (bicyclic) bond motifs is 8. The molecule has 5 fully saturated rings. The lowest BCUT2D eigenvalue weighted by Crippen LogP contribution is -2.53. The maximum absolute atomic E-state index is 10.3. The summed E-state index contributed by atoms with van der Waals surface area (Å²) in [6.07, 6.45) is 14.2. The third kappa shape index (κ3) is 3.01. The van der Waals surface area contributed by atoms with Gasteiger partial charge >= 0.3 is 0 Å². The molecule has 4 aliphatic carbocycles. The van der Waals surface area contributed by atoms with Gasteiger partial charge in [0.05, 0.1) is 18.9 Å². The van der Waals surface area contributed by atoms with E-state index in [0.29, 0.717) is 16.9 Å². The predicted octanol–water partition coefficient (Wildman–Crippen LogP) is 5.63. The Morgan fingerprint density at radius 1 is 1.06 bits per heavy atom. The van der Waals surface area contributed by atoms with Crippen LogP contribution >= 0.6 is 0 Å². The van der Waals surface area contributed by atoms with Crippen molar-refractivity contribution in [2.45, 2.75) is 104 Å². The van der Waals surface area contributed by atoms with Gasteiger partial charge in [-0.2, -0.15) is 0 Å². The summed E-state index contributed by atoms with van der Waals surface area (Å²) < 4.78 is 6.78. The van der Waals surface area contributed by atoms with Crippen molar-refractivity contribution in [3.8, 4) is 0 Å². The van der Waals surface area contributed by atoms with Crippen molar-refractivity contribution in [1.82, 2.24) is 4.90 Å². The van der Waals surface area contributed by atoms with Crippen molar-refractivity contribution in [2.75, 3.05) is 13.3 Å². The Hall–Kier alpha value is -0.380. The van der Waals surface area contributed by atoms with Crippen LogP contribution in [0.25, 0.3) is 0 Å². The van der Waals surface area contributed by atoms with Crippen molar-refractivity contribution in [1.29, 1.82) is 0 Å². The van der Waals surface area contributed by atoms with Crippen molar-refractivity contribution >= 4 is 0 Å². The Balaban J connectivity index is 1.30. The van der Waals surface area contributed by atoms with E-state index in [9.17, 15) is 5.11 Å². The molecule has 0 unspecified atom stereocenters. The zero-order valence-corrected chi connectivity index (χ0v) is 20.4. The summed E-state index contributed by atoms with van der Waals surface area (Å²) >= 11 is 0. The molecule has 6 aliphatic rings. The van der Waals surface area contributed by atoms with Gasteiger partial charge < -0.3 is 9.84 Å². The second kappa shape index (κ2) is 7.31. The van der Waals surface area contributed by atoms with E-state index in [-0.39, 0.29) is 6.10 Å². The van der Waals surface area contributed by atoms with Crippen molar-refractivity contribution in [3.05, 3.63) is 11.6 Å². The highest BCUT2D eigenvalue weighted by atomic mass is 16.5. The summed E-state index contributed by atoms with van der Waals surface area (Å²) in [5.41, 5.74) is 2.39. The number of ether oxygens (including phenoxy) is 1. The van der Waals surface area contributed by atoms with Gasteiger partial charge in [0.1, 0.15) is 0 Å². The van der Waals surface area contributed by atoms with E-state index in [0.717, 1.165) is 61.1 Å². The second-order valence-corrected chi connectivity index (χ2v) is 13.2. The van der Waals surface area contributed by atoms with Gasteiger partial charge in [-0.3, -0.25) is 4.90 Å². The molecule has 174 valence electrons. The fourth-order valence-corrected chi connectivity index (χ4v) is 10.2. The highest BCUT2D eigenvalue weighted by Gasteiger charge is 2.63. The van der Waals surface area contributed by atoms with Gasteiger partial charge in [-0.05, 0) is 104 Å². The third-order valence-electron chi connectivity index (χ3n) is 11.8. The summed E-state index contributed by atoms with van der Waals surface area (Å²) in [6.45, 7) is 12.3. The standard InChI is InChI=1S/C28H45NO2/c1-17-5-8-24-18(2)26-25(31-16-29(24)15-17)14-23-21-7-6-19-13-20(30)9-11-27(19,3)22(21)10-12-28(23,26)4/h6,17-18,20-26,30H,5,7-16H2,1-4H3/t17-,18-,20-,21-,22+,23+,24+,25+,26+,27-,28-/m0/s1. The lowest BCUT2D eigenvalue weighted by atomic mass is 9.47. The van der Waals surface area contributed by atoms with E-state index in [1.54, 1.807) is 5.57 Å². The Bertz CT molecular complexity index is 749. The molecule has 0 amide bonds. The second-order valence-electron chi connectivity index (χ2n) is 13.2. The van der Waals surface area contributed by atoms with Gasteiger partial charge in [0.2, 0.25) is 0 Å². The van der Waals surface area contributed by atoms with Crippen LogP contribution in [-0.2, 0) is 4.74 Å². The molecule has 0 radical (unpaired) electrons. The number of piperidine rings is 1. The quantitative estimate of drug-likeness (QED) is 0.509. The molecule has 0 spiro atoms. The van der Waals surface area contributed by atoms with Gasteiger partial charge in [-0.15, -0.1) is 0 Å². The molecule has 0 bridgehead atoms. The Morgan fingerprint density at radius 3 is 2.74 bits per heavy atom. The number of allylic oxidation sites excluding steroid dienone is 1. The first-order valence-electron chi connectivity index (χ1n) is 13.5. The number of rotatable bonds is 0. The lowest BCUT2D eigenvalue weighted by Gasteiger charge is -2.58. The molecule has 2 aliphatic heterocycles. The first kappa shape index (κ1) is 21.2. The molecule has 0 aromatic heterocycles. The van der Waals surface area contributed by atoms with Crippen molar-refractivity contribution < 1.29 is 9.84 Å². The number of hydrogen-bond donors (Lipinski definition) is 1. The summed E-state index contributed by atoms with van der Waals surface area (Å²) in [6, 6.07) is 0.731. The van der Waals surface area contributed by atoms with Crippen LogP contribution in [0.5, 0.6) is 0 Å². The molecule has 3 nitrogen and oxygen atoms in total. The van der Waals surface area contributed by atoms with Crippen LogP contribution in [-0.4, -0.2) is 41.5 Å². The fraction of sp³-hybridized carbons (Fsp3) is 0.929. The van der Waals surface area contributed by atoms with E-state index in [2.05, 4.69) is 38.7 Å². The van der Waals surface area contributed by atoms with Gasteiger partial charge in [0, 0.05) is 12.6 Å². The first-order valence-corrected chi connectivity index (χ1v) is 13.5. The third-order valence-corrected chi connectivity index (χ3v) is 11.8. The molecular weight excluding hydrogens is 382 g/mol. The molecular formula is C28H45NO2. The average Bonchev–Trinajstić information content (AvgIpc) is 2.96. The van der Waals surface area contributed by atoms with Crippen LogP contribution in [0.3, 0.4) is 0 Å². The summed E-state index contributed by atoms with van der Waals surface area (Å²) in [4.78, 5) is 2.70. The van der Waals surface area contributed by atoms with E-state index in [1.807, 2.05) is 0 Å². The number of aliphatic hydroxyl groups is 1. The van der Waals surface area contributed by atoms with E-state index >= 15 is 0 Å². The van der Waals surface area contributed by atoms with Crippen LogP contribution in [0.2, 0.25) is 0 Å². The minimum Gasteiger partial charge on any atom is -0.393 e. The molecule has 31 heavy (non-hydrogen) atoms. The summed E-state index contributed by atoms with van der Waals surface area (Å²) in [5, 5.41) is 10.3. The number of hydrogen-bond acceptors (Lipinski definition) is 3. The Kier molecular flexibility index (Phi) is 4.99. The van der Waals surface area contributed by atoms with Gasteiger partial charge in [0.15, 0.2) is 0 Å². The van der Waals surface area contributed by atoms with E-state index < -0.39 is 0 Å². The molecule has 3 heteroatoms. The SMILES string of the molecule is C[C@H]1CC[C@@H]2[C@H](C)[C@@H]3[C@@H](C[C@@H]4[C@H]5CC=C6C[C@@H](O)CC[C@]6(C)[C@@H]5CC[C@]34C)OCN2C1. The van der Waals surface area contributed by atoms with Crippen LogP contribution in [0.15, 0.2) is 11.6 Å². The van der Waals surface area contributed by atoms with E-state index in [1.165, 1.54) is 51.5 Å². The summed E-state index contributed by atoms with van der Waals surface area (Å²) in [7, 11) is 0. The number of aliphatic hydroxyl groups excluding tert-OH is 1. The largest absolute Gasteiger partial charge is 0.393 e. The predicted molar refractivity (Wildman–Crippen MR) is 124 cm³/mol. The van der Waals surface area contributed by atoms with Crippen LogP contribution < -0.4 is 0 Å². The smallest absolute Gasteiger partial charge is 0.0996 e. The number of nitrogens with zero attached hydrogens (tertiary/aromatic N) is 1. The maximum Gasteiger partial charge on any atom is 0.0996 e. The molecule has 3 saturated carbocycles. The molecule has 2 saturated heterocycles. The Labute approximate surface area is 190 Å². The fourth-order valence-electron chi connectivity index (χ4n) is 10.2. The average molecular weight is 428 g/mol. The van der Waals surface area contributed by atoms with Crippen molar-refractivity contribution in [3.63, 3.8) is 0 Å². The lowest BCUT2D eigenvalue weighted by molar-refractivity contribution is -0.0644. The highest BCUT2D eigenvalue weighted by Crippen LogP contribution is 2.68. The zero-order chi connectivity index (χ0) is 21.5. The monoisotopic (exact) mass is 427 g/mol. The molecule has 11 atom stereocenters. The maximum atomic E-state index is 10.3. The summed E-state index contributed by atoms with van der Waals surface area (Å²) in [5.74, 6) is 4.77. The van der Waals surface area contributed by atoms with Crippen LogP contribution in [0.4, 0.5) is 0 Å². The normalized spacial score (nSPS) is 56.9. The highest BCUT2D eigenvalue weighted by molar-refractivity contribution is 5.26. The van der Waals surface area contributed by atoms with Crippen LogP contribution in [0.1, 0.15) is 85.5 Å². The minimum atomic E-state index is -0.0989. The molecule has 1 N–H and O–H groups in total. The van der Waals surface area contributed by atoms with E-state index in [4.69, 9.17) is 4.74 Å². The zero-order valence-electron chi connectivity index (χ0n) is 20.4. The van der Waals surface area contributed by atoms with Gasteiger partial charge in [0.25, 0.3) is 0 Å². The first-order chi connectivity index (χ1) is 14.8. The Morgan fingerprint density at radius 2 is 1.90 bits per heavy atom. The molecule has 0 aromatic rings. The molecule has 0 aromatic carbocycles. The van der Waals surface area contributed by atoms with Crippen LogP contribution in [0, 0.1) is 46.3 Å². The van der Waals surface area contributed by atoms with Gasteiger partial charge in [-0.1, -0.05) is 39.3 Å². The minimum absolute atomic E-state index is 0.0989. The topological polar surface area (TPSA) is 32.7 Å². The molecule has 6 rings (SSSR count). The van der Waals surface area contributed by atoms with Gasteiger partial charge in [-0.25, -0.2) is 0 Å². The van der Waals surface area contributed by atoms with Crippen molar-refractivity contribution in [2.24, 2.45) is 46.3 Å².